The van der Waals surface area contributed by atoms with E-state index in [1.807, 2.05) is 12.1 Å². The van der Waals surface area contributed by atoms with E-state index in [0.717, 1.165) is 4.90 Å². The van der Waals surface area contributed by atoms with Crippen molar-refractivity contribution in [3.05, 3.63) is 177 Å². The van der Waals surface area contributed by atoms with Gasteiger partial charge in [0, 0.05) is 39.2 Å². The van der Waals surface area contributed by atoms with E-state index in [1.165, 1.54) is 0 Å². The number of imide groups is 2. The lowest BCUT2D eigenvalue weighted by molar-refractivity contribution is -0.139. The zero-order chi connectivity index (χ0) is 44.8. The van der Waals surface area contributed by atoms with Crippen LogP contribution in [0.3, 0.4) is 0 Å². The average molecular weight is 902 g/mol. The fourth-order valence-electron chi connectivity index (χ4n) is 10.4. The number of nitrogens with zero attached hydrogens (tertiary/aromatic N) is 3. The van der Waals surface area contributed by atoms with Gasteiger partial charge in [-0.1, -0.05) is 114 Å². The molecule has 2 saturated heterocycles. The number of hydrogen-bond acceptors (Lipinski definition) is 8. The van der Waals surface area contributed by atoms with Crippen LogP contribution in [0.4, 0.5) is 24.7 Å². The van der Waals surface area contributed by atoms with E-state index in [2.05, 4.69) is 10.4 Å². The summed E-state index contributed by atoms with van der Waals surface area (Å²) in [5.41, 5.74) is 1.88. The summed E-state index contributed by atoms with van der Waals surface area (Å²) >= 11 is 12.7. The molecule has 1 aromatic heterocycles. The van der Waals surface area contributed by atoms with Gasteiger partial charge in [-0.25, -0.2) is 4.98 Å². The van der Waals surface area contributed by atoms with E-state index in [-0.39, 0.29) is 35.6 Å². The molecular formula is C49H33Cl2F3N4O6. The minimum Gasteiger partial charge on any atom is -0.507 e. The number of carbonyl (C=O) groups is 5. The van der Waals surface area contributed by atoms with Crippen molar-refractivity contribution in [2.75, 3.05) is 10.3 Å². The lowest BCUT2D eigenvalue weighted by Gasteiger charge is -2.50. The van der Waals surface area contributed by atoms with E-state index >= 15 is 9.59 Å². The SMILES string of the molecule is O=C(c1ccccc1)c1ccc(N2C(=O)C3CC=C4C(CC5C(=O)N(Nc6ncc(C(F)(F)F)cc6Cl)C(=O)C5(c5ccc(Cl)cc5)C4c4ccc5ccccc5c4O)C3C2=O)cc1. The summed E-state index contributed by atoms with van der Waals surface area (Å²) < 4.78 is 40.8. The molecule has 6 unspecified atom stereocenters. The highest BCUT2D eigenvalue weighted by Crippen LogP contribution is 2.65. The molecule has 2 aliphatic carbocycles. The molecule has 0 radical (unpaired) electrons. The number of nitrogens with one attached hydrogen (secondary N) is 1. The average Bonchev–Trinajstić information content (AvgIpc) is 3.67. The quantitative estimate of drug-likeness (QED) is 0.0919. The van der Waals surface area contributed by atoms with Gasteiger partial charge >= 0.3 is 6.18 Å². The molecule has 2 aliphatic heterocycles. The summed E-state index contributed by atoms with van der Waals surface area (Å²) in [4.78, 5) is 78.1. The van der Waals surface area contributed by atoms with Gasteiger partial charge in [0.25, 0.3) is 11.8 Å². The lowest BCUT2D eigenvalue weighted by atomic mass is 9.49. The Hall–Kier alpha value is -6.83. The van der Waals surface area contributed by atoms with E-state index in [1.54, 1.807) is 109 Å². The largest absolute Gasteiger partial charge is 0.507 e. The van der Waals surface area contributed by atoms with Crippen LogP contribution in [-0.2, 0) is 30.8 Å². The number of benzene rings is 5. The molecule has 2 N–H and O–H groups in total. The number of halogens is 5. The van der Waals surface area contributed by atoms with Crippen LogP contribution in [0, 0.1) is 23.7 Å². The van der Waals surface area contributed by atoms with Gasteiger partial charge in [0.2, 0.25) is 11.8 Å². The van der Waals surface area contributed by atoms with Crippen LogP contribution in [0.15, 0.2) is 139 Å². The van der Waals surface area contributed by atoms with E-state index in [0.29, 0.717) is 55.3 Å². The molecule has 0 spiro atoms. The minimum absolute atomic E-state index is 0.0868. The third-order valence-electron chi connectivity index (χ3n) is 13.2. The number of aromatic nitrogens is 1. The molecular weight excluding hydrogens is 868 g/mol. The molecule has 3 heterocycles. The number of ketones is 1. The Morgan fingerprint density at radius 2 is 1.48 bits per heavy atom. The molecule has 64 heavy (non-hydrogen) atoms. The normalized spacial score (nSPS) is 24.1. The van der Waals surface area contributed by atoms with Crippen molar-refractivity contribution in [2.45, 2.75) is 30.4 Å². The fourth-order valence-corrected chi connectivity index (χ4v) is 10.7. The monoisotopic (exact) mass is 900 g/mol. The maximum atomic E-state index is 15.6. The number of amides is 4. The number of pyridine rings is 1. The Morgan fingerprint density at radius 1 is 0.797 bits per heavy atom. The zero-order valence-corrected chi connectivity index (χ0v) is 34.7. The molecule has 320 valence electrons. The number of fused-ring (bicyclic) bond motifs is 5. The highest BCUT2D eigenvalue weighted by molar-refractivity contribution is 6.33. The van der Waals surface area contributed by atoms with Crippen molar-refractivity contribution in [1.29, 1.82) is 0 Å². The van der Waals surface area contributed by atoms with Gasteiger partial charge in [-0.05, 0) is 72.2 Å². The smallest absolute Gasteiger partial charge is 0.417 e. The van der Waals surface area contributed by atoms with E-state index < -0.39 is 81.2 Å². The molecule has 1 saturated carbocycles. The highest BCUT2D eigenvalue weighted by Gasteiger charge is 2.71. The first-order valence-corrected chi connectivity index (χ1v) is 21.1. The van der Waals surface area contributed by atoms with Gasteiger partial charge in [-0.15, -0.1) is 0 Å². The van der Waals surface area contributed by atoms with E-state index in [4.69, 9.17) is 23.2 Å². The van der Waals surface area contributed by atoms with Gasteiger partial charge in [-0.2, -0.15) is 18.2 Å². The second-order valence-corrected chi connectivity index (χ2v) is 17.2. The Balaban J connectivity index is 1.11. The predicted molar refractivity (Wildman–Crippen MR) is 231 cm³/mol. The first kappa shape index (κ1) is 41.2. The summed E-state index contributed by atoms with van der Waals surface area (Å²) in [5.74, 6) is -8.48. The summed E-state index contributed by atoms with van der Waals surface area (Å²) in [6.45, 7) is 0. The van der Waals surface area contributed by atoms with Gasteiger partial charge < -0.3 is 5.11 Å². The summed E-state index contributed by atoms with van der Waals surface area (Å²) in [7, 11) is 0. The molecule has 6 atom stereocenters. The second kappa shape index (κ2) is 15.2. The number of aromatic hydroxyl groups is 1. The number of carbonyl (C=O) groups excluding carboxylic acids is 5. The van der Waals surface area contributed by atoms with Crippen LogP contribution in [0.25, 0.3) is 10.8 Å². The molecule has 5 aromatic carbocycles. The number of hydrogen-bond donors (Lipinski definition) is 2. The van der Waals surface area contributed by atoms with Crippen molar-refractivity contribution in [3.8, 4) is 5.75 Å². The van der Waals surface area contributed by atoms with Crippen LogP contribution >= 0.6 is 23.2 Å². The highest BCUT2D eigenvalue weighted by atomic mass is 35.5. The molecule has 4 amide bonds. The summed E-state index contributed by atoms with van der Waals surface area (Å²) in [5, 5.41) is 13.9. The molecule has 10 nitrogen and oxygen atoms in total. The maximum absolute atomic E-state index is 15.6. The zero-order valence-electron chi connectivity index (χ0n) is 33.2. The second-order valence-electron chi connectivity index (χ2n) is 16.4. The summed E-state index contributed by atoms with van der Waals surface area (Å²) in [6.07, 6.45) is -2.45. The van der Waals surface area contributed by atoms with Crippen molar-refractivity contribution in [2.24, 2.45) is 23.7 Å². The van der Waals surface area contributed by atoms with Crippen molar-refractivity contribution in [3.63, 3.8) is 0 Å². The third-order valence-corrected chi connectivity index (χ3v) is 13.8. The van der Waals surface area contributed by atoms with Crippen molar-refractivity contribution >= 4 is 74.9 Å². The van der Waals surface area contributed by atoms with Crippen molar-refractivity contribution in [1.82, 2.24) is 9.99 Å². The maximum Gasteiger partial charge on any atom is 0.417 e. The molecule has 0 bridgehead atoms. The number of hydrazine groups is 1. The topological polar surface area (TPSA) is 137 Å². The molecule has 15 heteroatoms. The Kier molecular flexibility index (Phi) is 9.76. The number of alkyl halides is 3. The Bertz CT molecular complexity index is 3000. The number of anilines is 2. The number of phenols is 1. The Morgan fingerprint density at radius 3 is 2.19 bits per heavy atom. The number of phenolic OH excluding ortho intramolecular Hbond substituents is 1. The fraction of sp³-hybridized carbons (Fsp3) is 0.184. The molecule has 10 rings (SSSR count). The number of allylic oxidation sites excluding steroid dienone is 2. The first-order chi connectivity index (χ1) is 30.7. The van der Waals surface area contributed by atoms with Gasteiger partial charge in [0.15, 0.2) is 11.6 Å². The van der Waals surface area contributed by atoms with E-state index in [9.17, 15) is 32.7 Å². The van der Waals surface area contributed by atoms with Gasteiger partial charge in [0.1, 0.15) is 5.75 Å². The summed E-state index contributed by atoms with van der Waals surface area (Å²) in [6, 6.07) is 32.4. The van der Waals surface area contributed by atoms with Crippen LogP contribution in [0.5, 0.6) is 5.75 Å². The first-order valence-electron chi connectivity index (χ1n) is 20.3. The Labute approximate surface area is 372 Å². The predicted octanol–water partition coefficient (Wildman–Crippen LogP) is 9.69. The van der Waals surface area contributed by atoms with Crippen LogP contribution < -0.4 is 10.3 Å². The minimum atomic E-state index is -4.78. The van der Waals surface area contributed by atoms with Gasteiger partial charge in [0.05, 0.1) is 39.4 Å². The molecule has 6 aromatic rings. The van der Waals surface area contributed by atoms with Crippen LogP contribution in [0.1, 0.15) is 51.4 Å². The lowest BCUT2D eigenvalue weighted by Crippen LogP contribution is -2.53. The van der Waals surface area contributed by atoms with Crippen LogP contribution in [-0.4, -0.2) is 44.5 Å². The third kappa shape index (κ3) is 6.23. The standard InChI is InChI=1S/C49H33Cl2F3N4O6/c50-30-15-13-28(14-16-30)48-37(45(62)58(47(48)64)56-43-38(51)22-29(24-55-43)49(52,53)54)23-36-33(40(48)35-19-12-25-6-4-5-9-32(25)42(35)60)20-21-34-39(36)46(63)57(44(34)61)31-17-10-27(11-18-31)41(59)26-7-2-1-3-8-26/h1-20,22,24,34,36-37,39-40,60H,21,23H2,(H,55,56). The van der Waals surface area contributed by atoms with Crippen LogP contribution in [0.2, 0.25) is 10.0 Å². The van der Waals surface area contributed by atoms with Gasteiger partial charge in [-0.3, -0.25) is 34.3 Å². The van der Waals surface area contributed by atoms with Crippen molar-refractivity contribution < 1.29 is 42.3 Å². The molecule has 3 fully saturated rings. The number of rotatable bonds is 7. The molecule has 4 aliphatic rings.